The van der Waals surface area contributed by atoms with Gasteiger partial charge in [-0.1, -0.05) is 43.2 Å². The highest BCUT2D eigenvalue weighted by molar-refractivity contribution is 5.80. The third kappa shape index (κ3) is 5.66. The average molecular weight is 461 g/mol. The van der Waals surface area contributed by atoms with Gasteiger partial charge in [0.2, 0.25) is 0 Å². The van der Waals surface area contributed by atoms with E-state index in [2.05, 4.69) is 20.9 Å². The minimum atomic E-state index is -0.966. The molecule has 0 aromatic heterocycles. The number of ether oxygens (including phenoxy) is 1. The smallest absolute Gasteiger partial charge is 0.316 e. The minimum Gasteiger partial charge on any atom is -1.00 e. The predicted molar refractivity (Wildman–Crippen MR) is 95.7 cm³/mol. The van der Waals surface area contributed by atoms with Crippen LogP contribution >= 0.6 is 0 Å². The number of hydrogen-bond acceptors (Lipinski definition) is 3. The first kappa shape index (κ1) is 22.4. The zero-order valence-electron chi connectivity index (χ0n) is 15.7. The second-order valence-corrected chi connectivity index (χ2v) is 7.30. The molecule has 1 fully saturated rings. The maximum absolute atomic E-state index is 12.8. The maximum Gasteiger partial charge on any atom is 0.316 e. The van der Waals surface area contributed by atoms with Crippen molar-refractivity contribution in [2.75, 3.05) is 33.3 Å². The van der Waals surface area contributed by atoms with Gasteiger partial charge in [0.05, 0.1) is 25.7 Å². The van der Waals surface area contributed by atoms with Crippen molar-refractivity contribution in [3.05, 3.63) is 35.9 Å². The lowest BCUT2D eigenvalue weighted by Crippen LogP contribution is -3.00. The molecule has 2 rings (SSSR count). The molecular formula is C20H32INO3. The van der Waals surface area contributed by atoms with Crippen LogP contribution in [0.4, 0.5) is 0 Å². The van der Waals surface area contributed by atoms with Crippen LogP contribution in [0.5, 0.6) is 0 Å². The number of hydrogen-bond donors (Lipinski definition) is 1. The molecule has 1 aromatic rings. The van der Waals surface area contributed by atoms with Gasteiger partial charge >= 0.3 is 5.97 Å². The molecule has 4 nitrogen and oxygen atoms in total. The molecule has 5 heteroatoms. The monoisotopic (exact) mass is 461 g/mol. The molecule has 1 atom stereocenters. The van der Waals surface area contributed by atoms with Gasteiger partial charge in [-0.3, -0.25) is 4.79 Å². The summed E-state index contributed by atoms with van der Waals surface area (Å²) in [4.78, 5) is 12.8. The van der Waals surface area contributed by atoms with Gasteiger partial charge < -0.3 is 38.3 Å². The number of quaternary nitrogens is 1. The summed E-state index contributed by atoms with van der Waals surface area (Å²) in [6.07, 6.45) is 3.26. The molecule has 142 valence electrons. The zero-order valence-corrected chi connectivity index (χ0v) is 17.9. The number of rotatable bonds is 8. The normalized spacial score (nSPS) is 17.6. The summed E-state index contributed by atoms with van der Waals surface area (Å²) in [6.45, 7) is 7.54. The van der Waals surface area contributed by atoms with Crippen LogP contribution in [0.3, 0.4) is 0 Å². The summed E-state index contributed by atoms with van der Waals surface area (Å²) >= 11 is 0. The van der Waals surface area contributed by atoms with E-state index in [0.717, 1.165) is 42.5 Å². The van der Waals surface area contributed by atoms with Crippen molar-refractivity contribution in [3.63, 3.8) is 0 Å². The first-order valence-corrected chi connectivity index (χ1v) is 9.21. The van der Waals surface area contributed by atoms with Crippen molar-refractivity contribution >= 4 is 5.97 Å². The van der Waals surface area contributed by atoms with E-state index in [9.17, 15) is 9.90 Å². The Kier molecular flexibility index (Phi) is 8.84. The number of carbonyl (C=O) groups is 1. The van der Waals surface area contributed by atoms with Gasteiger partial charge in [0, 0.05) is 0 Å². The molecule has 1 aliphatic rings. The predicted octanol–water partition coefficient (Wildman–Crippen LogP) is 0.109. The van der Waals surface area contributed by atoms with Crippen LogP contribution in [-0.4, -0.2) is 54.4 Å². The van der Waals surface area contributed by atoms with Crippen LogP contribution in [0.15, 0.2) is 30.3 Å². The molecule has 0 bridgehead atoms. The van der Waals surface area contributed by atoms with Gasteiger partial charge in [-0.15, -0.1) is 0 Å². The Labute approximate surface area is 169 Å². The molecule has 0 radical (unpaired) electrons. The second kappa shape index (κ2) is 9.88. The fraction of sp³-hybridized carbons (Fsp3) is 0.650. The maximum atomic E-state index is 12.8. The average Bonchev–Trinajstić information content (AvgIpc) is 3.03. The van der Waals surface area contributed by atoms with Crippen LogP contribution in [0, 0.1) is 0 Å². The number of nitrogens with zero attached hydrogens (tertiary/aromatic N) is 1. The Hall–Kier alpha value is -0.660. The van der Waals surface area contributed by atoms with E-state index in [1.54, 1.807) is 0 Å². The van der Waals surface area contributed by atoms with Gasteiger partial charge in [-0.2, -0.15) is 0 Å². The molecular weight excluding hydrogens is 429 g/mol. The van der Waals surface area contributed by atoms with Gasteiger partial charge in [0.15, 0.2) is 0 Å². The highest BCUT2D eigenvalue weighted by atomic mass is 127. The van der Waals surface area contributed by atoms with E-state index in [0.29, 0.717) is 19.4 Å². The van der Waals surface area contributed by atoms with E-state index in [1.807, 2.05) is 30.3 Å². The number of esters is 1. The summed E-state index contributed by atoms with van der Waals surface area (Å²) in [6, 6.07) is 9.59. The Balaban J connectivity index is 0.00000312. The van der Waals surface area contributed by atoms with Crippen LogP contribution < -0.4 is 24.0 Å². The molecule has 0 saturated heterocycles. The number of aliphatic hydroxyl groups is 1. The summed E-state index contributed by atoms with van der Waals surface area (Å²) < 4.78 is 6.50. The van der Waals surface area contributed by atoms with Crippen LogP contribution in [0.25, 0.3) is 0 Å². The van der Waals surface area contributed by atoms with Crippen molar-refractivity contribution in [1.29, 1.82) is 0 Å². The van der Waals surface area contributed by atoms with E-state index in [4.69, 9.17) is 4.74 Å². The molecule has 1 unspecified atom stereocenters. The first-order chi connectivity index (χ1) is 11.4. The number of likely N-dealkylation sites (N-methyl/N-ethyl adjacent to an activating group) is 1. The van der Waals surface area contributed by atoms with Crippen molar-refractivity contribution in [2.45, 2.75) is 51.0 Å². The van der Waals surface area contributed by atoms with E-state index in [-0.39, 0.29) is 29.9 Å². The molecule has 0 aliphatic heterocycles. The molecule has 1 aliphatic carbocycles. The molecule has 1 aromatic carbocycles. The first-order valence-electron chi connectivity index (χ1n) is 9.21. The fourth-order valence-corrected chi connectivity index (χ4v) is 3.58. The summed E-state index contributed by atoms with van der Waals surface area (Å²) in [5, 5.41) is 11.0. The second-order valence-electron chi connectivity index (χ2n) is 7.30. The van der Waals surface area contributed by atoms with Gasteiger partial charge in [0.1, 0.15) is 19.1 Å². The standard InChI is InChI=1S/C20H32NO3.HI/c1-4-21(3,5-2)15-16-24-19(22)18(17-11-7-6-8-12-17)20(23)13-9-10-14-20;/h6-8,11-12,18,23H,4-5,9-10,13-16H2,1-3H3;1H/q+1;/p-1. The van der Waals surface area contributed by atoms with Crippen LogP contribution in [-0.2, 0) is 9.53 Å². The van der Waals surface area contributed by atoms with E-state index < -0.39 is 11.5 Å². The molecule has 25 heavy (non-hydrogen) atoms. The zero-order chi connectivity index (χ0) is 17.6. The number of benzene rings is 1. The van der Waals surface area contributed by atoms with Crippen molar-refractivity contribution in [3.8, 4) is 0 Å². The third-order valence-corrected chi connectivity index (χ3v) is 5.78. The quantitative estimate of drug-likeness (QED) is 0.340. The van der Waals surface area contributed by atoms with Crippen LogP contribution in [0.1, 0.15) is 51.0 Å². The minimum absolute atomic E-state index is 0. The Morgan fingerprint density at radius 3 is 2.28 bits per heavy atom. The number of carbonyl (C=O) groups excluding carboxylic acids is 1. The molecule has 0 spiro atoms. The van der Waals surface area contributed by atoms with Gasteiger partial charge in [-0.05, 0) is 32.3 Å². The fourth-order valence-electron chi connectivity index (χ4n) is 3.58. The van der Waals surface area contributed by atoms with E-state index >= 15 is 0 Å². The third-order valence-electron chi connectivity index (χ3n) is 5.78. The Bertz CT molecular complexity index is 525. The molecule has 1 N–H and O–H groups in total. The van der Waals surface area contributed by atoms with Crippen molar-refractivity contribution in [2.24, 2.45) is 0 Å². The SMILES string of the molecule is CC[N+](C)(CC)CCOC(=O)C(c1ccccc1)C1(O)CCCC1.[I-]. The lowest BCUT2D eigenvalue weighted by atomic mass is 9.81. The van der Waals surface area contributed by atoms with Crippen molar-refractivity contribution < 1.29 is 43.1 Å². The lowest BCUT2D eigenvalue weighted by Gasteiger charge is -2.33. The Morgan fingerprint density at radius 1 is 1.20 bits per heavy atom. The number of halogens is 1. The largest absolute Gasteiger partial charge is 1.00 e. The Morgan fingerprint density at radius 2 is 1.76 bits per heavy atom. The van der Waals surface area contributed by atoms with Gasteiger partial charge in [-0.25, -0.2) is 0 Å². The highest BCUT2D eigenvalue weighted by Gasteiger charge is 2.45. The molecule has 1 saturated carbocycles. The molecule has 0 amide bonds. The van der Waals surface area contributed by atoms with E-state index in [1.165, 1.54) is 0 Å². The van der Waals surface area contributed by atoms with Crippen LogP contribution in [0.2, 0.25) is 0 Å². The molecule has 0 heterocycles. The highest BCUT2D eigenvalue weighted by Crippen LogP contribution is 2.42. The lowest BCUT2D eigenvalue weighted by molar-refractivity contribution is -0.906. The summed E-state index contributed by atoms with van der Waals surface area (Å²) in [5.74, 6) is -0.868. The summed E-state index contributed by atoms with van der Waals surface area (Å²) in [5.41, 5.74) is -0.110. The topological polar surface area (TPSA) is 46.5 Å². The van der Waals surface area contributed by atoms with Gasteiger partial charge in [0.25, 0.3) is 0 Å². The van der Waals surface area contributed by atoms with Crippen molar-refractivity contribution in [1.82, 2.24) is 0 Å². The summed E-state index contributed by atoms with van der Waals surface area (Å²) in [7, 11) is 2.17.